The van der Waals surface area contributed by atoms with Crippen LogP contribution in [0.15, 0.2) is 18.7 Å². The van der Waals surface area contributed by atoms with Crippen LogP contribution in [0.25, 0.3) is 0 Å². The molecule has 0 saturated carbocycles. The number of hydrogen-bond acceptors (Lipinski definition) is 4. The van der Waals surface area contributed by atoms with Crippen LogP contribution in [-0.2, 0) is 16.1 Å². The van der Waals surface area contributed by atoms with Crippen LogP contribution < -0.4 is 0 Å². The van der Waals surface area contributed by atoms with Crippen molar-refractivity contribution in [2.75, 3.05) is 26.7 Å². The maximum Gasteiger partial charge on any atom is 0.320 e. The highest BCUT2D eigenvalue weighted by Crippen LogP contribution is 1.90. The molecule has 0 bridgehead atoms. The zero-order valence-corrected chi connectivity index (χ0v) is 9.22. The molecule has 0 aromatic carbocycles. The predicted octanol–water partition coefficient (Wildman–Crippen LogP) is 0.378. The Hall–Kier alpha value is -1.36. The van der Waals surface area contributed by atoms with E-state index in [1.54, 1.807) is 12.5 Å². The molecule has 0 amide bonds. The van der Waals surface area contributed by atoms with Gasteiger partial charge in [0.05, 0.1) is 19.5 Å². The van der Waals surface area contributed by atoms with Crippen molar-refractivity contribution in [2.24, 2.45) is 0 Å². The minimum absolute atomic E-state index is 0.175. The van der Waals surface area contributed by atoms with Gasteiger partial charge in [-0.15, -0.1) is 0 Å². The summed E-state index contributed by atoms with van der Waals surface area (Å²) in [6, 6.07) is 0. The average Bonchev–Trinajstić information content (AvgIpc) is 2.67. The van der Waals surface area contributed by atoms with E-state index in [2.05, 4.69) is 4.98 Å². The van der Waals surface area contributed by atoms with Gasteiger partial charge in [-0.2, -0.15) is 0 Å². The molecule has 0 saturated heterocycles. The monoisotopic (exact) mass is 211 g/mol. The molecule has 5 nitrogen and oxygen atoms in total. The van der Waals surface area contributed by atoms with Gasteiger partial charge >= 0.3 is 5.97 Å². The summed E-state index contributed by atoms with van der Waals surface area (Å²) >= 11 is 0. The second kappa shape index (κ2) is 6.19. The highest BCUT2D eigenvalue weighted by molar-refractivity contribution is 5.71. The van der Waals surface area contributed by atoms with Crippen molar-refractivity contribution in [1.29, 1.82) is 0 Å². The fourth-order valence-electron chi connectivity index (χ4n) is 1.21. The maximum atomic E-state index is 11.1. The first kappa shape index (κ1) is 11.7. The van der Waals surface area contributed by atoms with Crippen molar-refractivity contribution in [3.8, 4) is 0 Å². The first-order valence-electron chi connectivity index (χ1n) is 5.02. The molecular weight excluding hydrogens is 194 g/mol. The van der Waals surface area contributed by atoms with E-state index in [0.717, 1.165) is 13.1 Å². The van der Waals surface area contributed by atoms with Crippen molar-refractivity contribution in [1.82, 2.24) is 14.5 Å². The number of nitrogens with zero attached hydrogens (tertiary/aromatic N) is 3. The van der Waals surface area contributed by atoms with E-state index in [9.17, 15) is 4.79 Å². The van der Waals surface area contributed by atoms with Crippen LogP contribution in [0.5, 0.6) is 0 Å². The number of imidazole rings is 1. The lowest BCUT2D eigenvalue weighted by atomic mass is 10.5. The molecule has 0 N–H and O–H groups in total. The molecule has 15 heavy (non-hydrogen) atoms. The van der Waals surface area contributed by atoms with Gasteiger partial charge in [-0.1, -0.05) is 0 Å². The van der Waals surface area contributed by atoms with Gasteiger partial charge in [0.15, 0.2) is 0 Å². The number of rotatable bonds is 6. The molecule has 0 atom stereocenters. The van der Waals surface area contributed by atoms with E-state index in [0.29, 0.717) is 13.2 Å². The van der Waals surface area contributed by atoms with Crippen molar-refractivity contribution in [3.05, 3.63) is 18.7 Å². The summed E-state index contributed by atoms with van der Waals surface area (Å²) < 4.78 is 6.82. The van der Waals surface area contributed by atoms with Gasteiger partial charge in [0, 0.05) is 25.5 Å². The quantitative estimate of drug-likeness (QED) is 0.638. The van der Waals surface area contributed by atoms with E-state index in [4.69, 9.17) is 4.74 Å². The molecule has 0 aliphatic heterocycles. The van der Waals surface area contributed by atoms with E-state index < -0.39 is 0 Å². The summed E-state index contributed by atoms with van der Waals surface area (Å²) in [5.41, 5.74) is 0. The molecule has 0 unspecified atom stereocenters. The van der Waals surface area contributed by atoms with Crippen molar-refractivity contribution in [2.45, 2.75) is 13.5 Å². The van der Waals surface area contributed by atoms with Gasteiger partial charge in [0.1, 0.15) is 0 Å². The molecule has 1 heterocycles. The molecule has 1 aromatic rings. The van der Waals surface area contributed by atoms with Crippen LogP contribution in [0.3, 0.4) is 0 Å². The van der Waals surface area contributed by atoms with Crippen LogP contribution in [0, 0.1) is 0 Å². The fourth-order valence-corrected chi connectivity index (χ4v) is 1.21. The standard InChI is InChI=1S/C10H17N3O2/c1-3-15-10(14)8-12(2)6-7-13-5-4-11-9-13/h4-5,9H,3,6-8H2,1-2H3. The van der Waals surface area contributed by atoms with E-state index >= 15 is 0 Å². The molecule has 0 spiro atoms. The van der Waals surface area contributed by atoms with Gasteiger partial charge < -0.3 is 9.30 Å². The highest BCUT2D eigenvalue weighted by Gasteiger charge is 2.06. The maximum absolute atomic E-state index is 11.1. The molecule has 84 valence electrons. The van der Waals surface area contributed by atoms with Crippen LogP contribution in [0.1, 0.15) is 6.92 Å². The lowest BCUT2D eigenvalue weighted by Crippen LogP contribution is -2.30. The first-order chi connectivity index (χ1) is 7.22. The largest absolute Gasteiger partial charge is 0.465 e. The Morgan fingerprint density at radius 1 is 1.60 bits per heavy atom. The smallest absolute Gasteiger partial charge is 0.320 e. The Labute approximate surface area is 89.7 Å². The highest BCUT2D eigenvalue weighted by atomic mass is 16.5. The third-order valence-corrected chi connectivity index (χ3v) is 2.00. The van der Waals surface area contributed by atoms with Crippen LogP contribution >= 0.6 is 0 Å². The normalized spacial score (nSPS) is 10.6. The zero-order valence-electron chi connectivity index (χ0n) is 9.22. The van der Waals surface area contributed by atoms with E-state index in [-0.39, 0.29) is 5.97 Å². The molecule has 5 heteroatoms. The number of ether oxygens (including phenoxy) is 1. The zero-order chi connectivity index (χ0) is 11.1. The van der Waals surface area contributed by atoms with Gasteiger partial charge in [-0.25, -0.2) is 4.98 Å². The topological polar surface area (TPSA) is 47.4 Å². The minimum Gasteiger partial charge on any atom is -0.465 e. The predicted molar refractivity (Wildman–Crippen MR) is 56.4 cm³/mol. The fraction of sp³-hybridized carbons (Fsp3) is 0.600. The lowest BCUT2D eigenvalue weighted by molar-refractivity contribution is -0.144. The lowest BCUT2D eigenvalue weighted by Gasteiger charge is -2.15. The van der Waals surface area contributed by atoms with Gasteiger partial charge in [-0.3, -0.25) is 9.69 Å². The first-order valence-corrected chi connectivity index (χ1v) is 5.02. The van der Waals surface area contributed by atoms with E-state index in [1.165, 1.54) is 0 Å². The number of likely N-dealkylation sites (N-methyl/N-ethyl adjacent to an activating group) is 1. The Morgan fingerprint density at radius 2 is 2.40 bits per heavy atom. The molecular formula is C10H17N3O2. The summed E-state index contributed by atoms with van der Waals surface area (Å²) in [4.78, 5) is 17.0. The third kappa shape index (κ3) is 4.60. The minimum atomic E-state index is -0.175. The second-order valence-corrected chi connectivity index (χ2v) is 3.34. The second-order valence-electron chi connectivity index (χ2n) is 3.34. The van der Waals surface area contributed by atoms with Crippen LogP contribution in [-0.4, -0.2) is 47.2 Å². The summed E-state index contributed by atoms with van der Waals surface area (Å²) in [6.07, 6.45) is 5.40. The number of esters is 1. The Bertz CT molecular complexity index is 285. The van der Waals surface area contributed by atoms with Crippen LogP contribution in [0.4, 0.5) is 0 Å². The average molecular weight is 211 g/mol. The van der Waals surface area contributed by atoms with Gasteiger partial charge in [0.25, 0.3) is 0 Å². The van der Waals surface area contributed by atoms with E-state index in [1.807, 2.05) is 29.6 Å². The SMILES string of the molecule is CCOC(=O)CN(C)CCn1ccnc1. The molecule has 0 aliphatic carbocycles. The third-order valence-electron chi connectivity index (χ3n) is 2.00. The summed E-state index contributed by atoms with van der Waals surface area (Å²) in [6.45, 7) is 4.21. The van der Waals surface area contributed by atoms with Crippen molar-refractivity contribution < 1.29 is 9.53 Å². The van der Waals surface area contributed by atoms with Crippen molar-refractivity contribution in [3.63, 3.8) is 0 Å². The summed E-state index contributed by atoms with van der Waals surface area (Å²) in [7, 11) is 1.90. The Kier molecular flexibility index (Phi) is 4.83. The Morgan fingerprint density at radius 3 is 3.00 bits per heavy atom. The number of carbonyl (C=O) groups is 1. The molecule has 1 aromatic heterocycles. The van der Waals surface area contributed by atoms with Crippen LogP contribution in [0.2, 0.25) is 0 Å². The van der Waals surface area contributed by atoms with Gasteiger partial charge in [-0.05, 0) is 14.0 Å². The number of aromatic nitrogens is 2. The number of hydrogen-bond donors (Lipinski definition) is 0. The molecule has 0 radical (unpaired) electrons. The van der Waals surface area contributed by atoms with Gasteiger partial charge in [0.2, 0.25) is 0 Å². The summed E-state index contributed by atoms with van der Waals surface area (Å²) in [5.74, 6) is -0.175. The number of carbonyl (C=O) groups excluding carboxylic acids is 1. The Balaban J connectivity index is 2.18. The summed E-state index contributed by atoms with van der Waals surface area (Å²) in [5, 5.41) is 0. The molecule has 0 aliphatic rings. The van der Waals surface area contributed by atoms with Crippen molar-refractivity contribution >= 4 is 5.97 Å². The molecule has 0 fully saturated rings. The molecule has 1 rings (SSSR count).